The van der Waals surface area contributed by atoms with Gasteiger partial charge >= 0.3 is 0 Å². The van der Waals surface area contributed by atoms with Crippen LogP contribution >= 0.6 is 0 Å². The van der Waals surface area contributed by atoms with Crippen molar-refractivity contribution in [2.75, 3.05) is 7.11 Å². The monoisotopic (exact) mass is 447 g/mol. The van der Waals surface area contributed by atoms with E-state index in [0.29, 0.717) is 12.2 Å². The molecule has 34 heavy (non-hydrogen) atoms. The first kappa shape index (κ1) is 20.6. The Balaban J connectivity index is 1.65. The van der Waals surface area contributed by atoms with Gasteiger partial charge in [-0.3, -0.25) is 0 Å². The maximum atomic E-state index is 12.4. The van der Waals surface area contributed by atoms with Crippen LogP contribution in [0.25, 0.3) is 11.0 Å². The van der Waals surface area contributed by atoms with Gasteiger partial charge < -0.3 is 9.84 Å². The van der Waals surface area contributed by atoms with E-state index in [2.05, 4.69) is 46.7 Å². The highest BCUT2D eigenvalue weighted by Gasteiger charge is 2.47. The van der Waals surface area contributed by atoms with E-state index in [0.717, 1.165) is 33.3 Å². The molecule has 1 aromatic heterocycles. The quantitative estimate of drug-likeness (QED) is 0.398. The zero-order valence-electron chi connectivity index (χ0n) is 18.9. The fraction of sp³-hybridized carbons (Fsp3) is 0.172. The minimum atomic E-state index is -1.18. The topological polar surface area (TPSA) is 60.2 Å². The number of para-hydroxylation sites is 1. The highest BCUT2D eigenvalue weighted by Crippen LogP contribution is 2.53. The first-order chi connectivity index (χ1) is 16.7. The molecule has 0 radical (unpaired) electrons. The Bertz CT molecular complexity index is 1450. The van der Waals surface area contributed by atoms with Crippen LogP contribution in [0.2, 0.25) is 0 Å². The van der Waals surface area contributed by atoms with Gasteiger partial charge in [0.25, 0.3) is 0 Å². The number of hydrogen-bond donors (Lipinski definition) is 1. The molecule has 5 nitrogen and oxygen atoms in total. The number of nitrogens with zero attached hydrogens (tertiary/aromatic N) is 3. The first-order valence-corrected chi connectivity index (χ1v) is 11.5. The number of aromatic nitrogens is 3. The molecule has 0 fully saturated rings. The summed E-state index contributed by atoms with van der Waals surface area (Å²) >= 11 is 0. The van der Waals surface area contributed by atoms with Crippen LogP contribution in [0.4, 0.5) is 0 Å². The van der Waals surface area contributed by atoms with Gasteiger partial charge in [-0.05, 0) is 52.9 Å². The first-order valence-electron chi connectivity index (χ1n) is 11.5. The zero-order valence-corrected chi connectivity index (χ0v) is 18.9. The van der Waals surface area contributed by atoms with Crippen LogP contribution in [0.3, 0.4) is 0 Å². The highest BCUT2D eigenvalue weighted by molar-refractivity contribution is 5.74. The molecule has 1 heterocycles. The number of methoxy groups -OCH3 is 1. The molecule has 5 aromatic rings. The summed E-state index contributed by atoms with van der Waals surface area (Å²) in [4.78, 5) is 0. The van der Waals surface area contributed by atoms with E-state index < -0.39 is 5.60 Å². The van der Waals surface area contributed by atoms with Crippen molar-refractivity contribution in [1.29, 1.82) is 0 Å². The fourth-order valence-corrected chi connectivity index (χ4v) is 5.42. The van der Waals surface area contributed by atoms with Gasteiger partial charge in [-0.1, -0.05) is 84.1 Å². The Labute approximate surface area is 198 Å². The van der Waals surface area contributed by atoms with Crippen molar-refractivity contribution in [3.63, 3.8) is 0 Å². The molecule has 3 unspecified atom stereocenters. The van der Waals surface area contributed by atoms with Gasteiger partial charge in [0.1, 0.15) is 16.9 Å². The largest absolute Gasteiger partial charge is 0.497 e. The van der Waals surface area contributed by atoms with E-state index in [4.69, 9.17) is 4.74 Å². The molecule has 1 aliphatic rings. The SMILES string of the molecule is COc1ccc2c(c1)C(O)(c1ccccc1)CC(c1ccccc1)C2n1nnc2ccccc21. The number of hydrogen-bond acceptors (Lipinski definition) is 4. The predicted octanol–water partition coefficient (Wildman–Crippen LogP) is 5.45. The molecule has 168 valence electrons. The number of ether oxygens (including phenoxy) is 1. The summed E-state index contributed by atoms with van der Waals surface area (Å²) < 4.78 is 7.59. The summed E-state index contributed by atoms with van der Waals surface area (Å²) in [5, 5.41) is 21.4. The van der Waals surface area contributed by atoms with E-state index in [9.17, 15) is 5.11 Å². The standard InChI is InChI=1S/C29H25N3O2/c1-34-22-16-17-23-25(18-22)29(33,21-12-6-3-7-13-21)19-24(20-10-4-2-5-11-20)28(23)32-27-15-9-8-14-26(27)30-31-32/h2-18,24,28,33H,19H2,1H3. The van der Waals surface area contributed by atoms with Gasteiger partial charge in [-0.25, -0.2) is 4.68 Å². The molecular formula is C29H25N3O2. The summed E-state index contributed by atoms with van der Waals surface area (Å²) in [6.07, 6.45) is 0.500. The molecule has 6 rings (SSSR count). The Kier molecular flexibility index (Phi) is 4.93. The van der Waals surface area contributed by atoms with Gasteiger partial charge in [-0.2, -0.15) is 0 Å². The Morgan fingerprint density at radius 1 is 0.882 bits per heavy atom. The maximum Gasteiger partial charge on any atom is 0.119 e. The molecular weight excluding hydrogens is 422 g/mol. The van der Waals surface area contributed by atoms with E-state index in [-0.39, 0.29) is 12.0 Å². The van der Waals surface area contributed by atoms with Crippen molar-refractivity contribution in [3.8, 4) is 5.75 Å². The van der Waals surface area contributed by atoms with Crippen molar-refractivity contribution in [2.45, 2.75) is 24.0 Å². The minimum Gasteiger partial charge on any atom is -0.497 e. The molecule has 0 saturated carbocycles. The minimum absolute atomic E-state index is 0.0302. The second-order valence-electron chi connectivity index (χ2n) is 8.87. The van der Waals surface area contributed by atoms with Gasteiger partial charge in [0.2, 0.25) is 0 Å². The number of rotatable bonds is 4. The van der Waals surface area contributed by atoms with Crippen LogP contribution in [0.5, 0.6) is 5.75 Å². The van der Waals surface area contributed by atoms with Crippen molar-refractivity contribution >= 4 is 11.0 Å². The van der Waals surface area contributed by atoms with E-state index in [1.165, 1.54) is 0 Å². The Hall–Kier alpha value is -3.96. The van der Waals surface area contributed by atoms with Crippen LogP contribution in [-0.2, 0) is 5.60 Å². The summed E-state index contributed by atoms with van der Waals surface area (Å²) in [5.74, 6) is 0.686. The number of aliphatic hydroxyl groups is 1. The van der Waals surface area contributed by atoms with Crippen LogP contribution in [0.15, 0.2) is 103 Å². The second-order valence-corrected chi connectivity index (χ2v) is 8.87. The number of benzene rings is 4. The third-order valence-corrected chi connectivity index (χ3v) is 7.04. The lowest BCUT2D eigenvalue weighted by Crippen LogP contribution is -2.39. The predicted molar refractivity (Wildman–Crippen MR) is 132 cm³/mol. The number of fused-ring (bicyclic) bond motifs is 2. The summed E-state index contributed by atoms with van der Waals surface area (Å²) in [5.41, 5.74) is 4.53. The molecule has 0 bridgehead atoms. The van der Waals surface area contributed by atoms with E-state index >= 15 is 0 Å². The zero-order chi connectivity index (χ0) is 23.1. The molecule has 1 N–H and O–H groups in total. The molecule has 4 aromatic carbocycles. The fourth-order valence-electron chi connectivity index (χ4n) is 5.42. The molecule has 3 atom stereocenters. The molecule has 0 spiro atoms. The van der Waals surface area contributed by atoms with E-state index in [1.54, 1.807) is 7.11 Å². The van der Waals surface area contributed by atoms with Crippen LogP contribution in [0, 0.1) is 0 Å². The summed E-state index contributed by atoms with van der Waals surface area (Å²) in [6.45, 7) is 0. The Morgan fingerprint density at radius 2 is 1.59 bits per heavy atom. The lowest BCUT2D eigenvalue weighted by molar-refractivity contribution is 0.0452. The van der Waals surface area contributed by atoms with Gasteiger partial charge in [0.05, 0.1) is 18.7 Å². The van der Waals surface area contributed by atoms with Crippen LogP contribution in [-0.4, -0.2) is 27.2 Å². The van der Waals surface area contributed by atoms with Crippen molar-refractivity contribution in [1.82, 2.24) is 15.0 Å². The lowest BCUT2D eigenvalue weighted by atomic mass is 9.66. The van der Waals surface area contributed by atoms with Gasteiger partial charge in [-0.15, -0.1) is 5.10 Å². The molecule has 0 aliphatic heterocycles. The Morgan fingerprint density at radius 3 is 2.35 bits per heavy atom. The van der Waals surface area contributed by atoms with Crippen molar-refractivity contribution in [3.05, 3.63) is 125 Å². The smallest absolute Gasteiger partial charge is 0.119 e. The maximum absolute atomic E-state index is 12.4. The van der Waals surface area contributed by atoms with Crippen LogP contribution < -0.4 is 4.74 Å². The third kappa shape index (κ3) is 3.20. The van der Waals surface area contributed by atoms with Gasteiger partial charge in [0, 0.05) is 5.92 Å². The molecule has 0 amide bonds. The van der Waals surface area contributed by atoms with E-state index in [1.807, 2.05) is 71.4 Å². The summed E-state index contributed by atoms with van der Waals surface area (Å²) in [7, 11) is 1.65. The summed E-state index contributed by atoms with van der Waals surface area (Å²) in [6, 6.07) is 34.2. The average molecular weight is 448 g/mol. The van der Waals surface area contributed by atoms with Crippen molar-refractivity contribution < 1.29 is 9.84 Å². The molecule has 1 aliphatic carbocycles. The van der Waals surface area contributed by atoms with Gasteiger partial charge in [0.15, 0.2) is 0 Å². The van der Waals surface area contributed by atoms with Crippen molar-refractivity contribution in [2.24, 2.45) is 0 Å². The molecule has 0 saturated heterocycles. The average Bonchev–Trinajstić information content (AvgIpc) is 3.33. The molecule has 5 heteroatoms. The third-order valence-electron chi connectivity index (χ3n) is 7.04. The second kappa shape index (κ2) is 8.12. The highest BCUT2D eigenvalue weighted by atomic mass is 16.5. The van der Waals surface area contributed by atoms with Crippen LogP contribution in [0.1, 0.15) is 40.6 Å². The lowest BCUT2D eigenvalue weighted by Gasteiger charge is -2.44. The normalized spacial score (nSPS) is 21.8.